The summed E-state index contributed by atoms with van der Waals surface area (Å²) in [5, 5.41) is 2.92. The molecule has 0 saturated heterocycles. The zero-order valence-corrected chi connectivity index (χ0v) is 14.5. The predicted octanol–water partition coefficient (Wildman–Crippen LogP) is 4.08. The molecule has 1 unspecified atom stereocenters. The monoisotopic (exact) mass is 311 g/mol. The Bertz CT molecular complexity index is 575. The SMILES string of the molecule is CN(Cc1ccccc1Pc1ccccc1)C1CCCCC1. The van der Waals surface area contributed by atoms with E-state index >= 15 is 0 Å². The molecule has 0 amide bonds. The Morgan fingerprint density at radius 1 is 0.909 bits per heavy atom. The van der Waals surface area contributed by atoms with Gasteiger partial charge in [0.05, 0.1) is 0 Å². The molecule has 1 aliphatic rings. The van der Waals surface area contributed by atoms with E-state index in [0.717, 1.165) is 21.2 Å². The minimum absolute atomic E-state index is 0.758. The Morgan fingerprint density at radius 2 is 1.59 bits per heavy atom. The maximum atomic E-state index is 2.58. The summed E-state index contributed by atoms with van der Waals surface area (Å²) >= 11 is 0. The van der Waals surface area contributed by atoms with Crippen LogP contribution in [0.15, 0.2) is 54.6 Å². The Morgan fingerprint density at radius 3 is 2.36 bits per heavy atom. The summed E-state index contributed by atoms with van der Waals surface area (Å²) in [6, 6.07) is 20.6. The van der Waals surface area contributed by atoms with Gasteiger partial charge in [0.1, 0.15) is 0 Å². The van der Waals surface area contributed by atoms with E-state index in [2.05, 4.69) is 66.5 Å². The molecule has 1 aliphatic carbocycles. The molecule has 1 atom stereocenters. The van der Waals surface area contributed by atoms with Crippen LogP contribution in [0.25, 0.3) is 0 Å². The molecule has 1 nitrogen and oxygen atoms in total. The lowest BCUT2D eigenvalue weighted by atomic mass is 9.94. The van der Waals surface area contributed by atoms with Crippen LogP contribution >= 0.6 is 8.58 Å². The molecule has 116 valence electrons. The van der Waals surface area contributed by atoms with Crippen molar-refractivity contribution in [2.45, 2.75) is 44.7 Å². The summed E-state index contributed by atoms with van der Waals surface area (Å²) in [5.41, 5.74) is 1.50. The predicted molar refractivity (Wildman–Crippen MR) is 98.8 cm³/mol. The highest BCUT2D eigenvalue weighted by atomic mass is 31.1. The summed E-state index contributed by atoms with van der Waals surface area (Å²) in [6.45, 7) is 1.08. The van der Waals surface area contributed by atoms with Gasteiger partial charge in [-0.25, -0.2) is 0 Å². The Hall–Kier alpha value is -1.17. The van der Waals surface area contributed by atoms with Crippen molar-refractivity contribution in [1.82, 2.24) is 4.90 Å². The molecule has 0 aromatic heterocycles. The maximum Gasteiger partial charge on any atom is 0.0239 e. The molecule has 0 spiro atoms. The van der Waals surface area contributed by atoms with Crippen LogP contribution in [0.3, 0.4) is 0 Å². The molecule has 2 aromatic rings. The van der Waals surface area contributed by atoms with Crippen molar-refractivity contribution in [3.05, 3.63) is 60.2 Å². The molecular formula is C20H26NP. The fourth-order valence-electron chi connectivity index (χ4n) is 3.38. The number of benzene rings is 2. The van der Waals surface area contributed by atoms with Gasteiger partial charge >= 0.3 is 0 Å². The smallest absolute Gasteiger partial charge is 0.0239 e. The Labute approximate surface area is 136 Å². The van der Waals surface area contributed by atoms with Gasteiger partial charge in [0.25, 0.3) is 0 Å². The molecule has 22 heavy (non-hydrogen) atoms. The zero-order valence-electron chi connectivity index (χ0n) is 13.5. The first-order chi connectivity index (χ1) is 10.8. The van der Waals surface area contributed by atoms with Crippen LogP contribution < -0.4 is 10.6 Å². The van der Waals surface area contributed by atoms with Gasteiger partial charge < -0.3 is 0 Å². The summed E-state index contributed by atoms with van der Waals surface area (Å²) in [4.78, 5) is 2.58. The van der Waals surface area contributed by atoms with Gasteiger partial charge in [0, 0.05) is 12.6 Å². The van der Waals surface area contributed by atoms with E-state index in [0.29, 0.717) is 0 Å². The highest BCUT2D eigenvalue weighted by Crippen LogP contribution is 2.23. The molecule has 0 radical (unpaired) electrons. The van der Waals surface area contributed by atoms with Gasteiger partial charge in [-0.1, -0.05) is 82.4 Å². The van der Waals surface area contributed by atoms with Crippen LogP contribution in [0, 0.1) is 0 Å². The first-order valence-corrected chi connectivity index (χ1v) is 9.43. The topological polar surface area (TPSA) is 3.24 Å². The van der Waals surface area contributed by atoms with Crippen molar-refractivity contribution >= 4 is 19.2 Å². The van der Waals surface area contributed by atoms with Crippen molar-refractivity contribution in [3.63, 3.8) is 0 Å². The lowest BCUT2D eigenvalue weighted by Gasteiger charge is -2.31. The summed E-state index contributed by atoms with van der Waals surface area (Å²) in [6.07, 6.45) is 6.99. The highest BCUT2D eigenvalue weighted by molar-refractivity contribution is 7.55. The molecule has 0 aliphatic heterocycles. The summed E-state index contributed by atoms with van der Waals surface area (Å²) in [7, 11) is 3.06. The first kappa shape index (κ1) is 15.7. The van der Waals surface area contributed by atoms with Gasteiger partial charge in [-0.15, -0.1) is 0 Å². The van der Waals surface area contributed by atoms with Crippen molar-refractivity contribution in [1.29, 1.82) is 0 Å². The van der Waals surface area contributed by atoms with E-state index in [-0.39, 0.29) is 0 Å². The van der Waals surface area contributed by atoms with Crippen LogP contribution in [0.2, 0.25) is 0 Å². The quantitative estimate of drug-likeness (QED) is 0.752. The molecule has 0 heterocycles. The fraction of sp³-hybridized carbons (Fsp3) is 0.400. The molecule has 2 aromatic carbocycles. The Balaban J connectivity index is 1.70. The van der Waals surface area contributed by atoms with Crippen molar-refractivity contribution in [2.75, 3.05) is 7.05 Å². The molecule has 0 N–H and O–H groups in total. The van der Waals surface area contributed by atoms with Crippen LogP contribution in [-0.2, 0) is 6.54 Å². The third kappa shape index (κ3) is 4.18. The highest BCUT2D eigenvalue weighted by Gasteiger charge is 2.18. The Kier molecular flexibility index (Phi) is 5.64. The van der Waals surface area contributed by atoms with E-state index < -0.39 is 0 Å². The first-order valence-electron chi connectivity index (χ1n) is 8.43. The third-order valence-corrected chi connectivity index (χ3v) is 6.07. The second kappa shape index (κ2) is 7.90. The standard InChI is InChI=1S/C20H26NP/c1-21(18-11-4-2-5-12-18)16-17-10-8-9-15-20(17)22-19-13-6-3-7-14-19/h3,6-10,13-15,18,22H,2,4-5,11-12,16H2,1H3. The van der Waals surface area contributed by atoms with E-state index in [1.54, 1.807) is 0 Å². The zero-order chi connectivity index (χ0) is 15.2. The normalized spacial score (nSPS) is 16.6. The van der Waals surface area contributed by atoms with E-state index in [1.807, 2.05) is 0 Å². The van der Waals surface area contributed by atoms with Crippen molar-refractivity contribution in [3.8, 4) is 0 Å². The van der Waals surface area contributed by atoms with Crippen LogP contribution in [0.4, 0.5) is 0 Å². The van der Waals surface area contributed by atoms with E-state index in [1.165, 1.54) is 48.3 Å². The molecule has 3 rings (SSSR count). The average molecular weight is 311 g/mol. The van der Waals surface area contributed by atoms with Crippen LogP contribution in [-0.4, -0.2) is 18.0 Å². The third-order valence-electron chi connectivity index (χ3n) is 4.69. The average Bonchev–Trinajstić information content (AvgIpc) is 2.58. The van der Waals surface area contributed by atoms with Gasteiger partial charge in [-0.3, -0.25) is 4.90 Å². The number of hydrogen-bond acceptors (Lipinski definition) is 1. The fourth-order valence-corrected chi connectivity index (χ4v) is 4.55. The number of hydrogen-bond donors (Lipinski definition) is 0. The largest absolute Gasteiger partial charge is 0.299 e. The second-order valence-electron chi connectivity index (χ2n) is 6.36. The summed E-state index contributed by atoms with van der Waals surface area (Å²) in [5.74, 6) is 0. The lowest BCUT2D eigenvalue weighted by Crippen LogP contribution is -2.34. The molecule has 1 fully saturated rings. The molecule has 0 bridgehead atoms. The molecule has 2 heteroatoms. The minimum atomic E-state index is 0.758. The van der Waals surface area contributed by atoms with E-state index in [4.69, 9.17) is 0 Å². The van der Waals surface area contributed by atoms with Crippen molar-refractivity contribution in [2.24, 2.45) is 0 Å². The number of nitrogens with zero attached hydrogens (tertiary/aromatic N) is 1. The van der Waals surface area contributed by atoms with Crippen LogP contribution in [0.5, 0.6) is 0 Å². The van der Waals surface area contributed by atoms with Gasteiger partial charge in [-0.2, -0.15) is 0 Å². The van der Waals surface area contributed by atoms with E-state index in [9.17, 15) is 0 Å². The lowest BCUT2D eigenvalue weighted by molar-refractivity contribution is 0.185. The summed E-state index contributed by atoms with van der Waals surface area (Å²) < 4.78 is 0. The second-order valence-corrected chi connectivity index (χ2v) is 7.72. The molecular weight excluding hydrogens is 285 g/mol. The minimum Gasteiger partial charge on any atom is -0.299 e. The molecule has 1 saturated carbocycles. The van der Waals surface area contributed by atoms with Gasteiger partial charge in [0.2, 0.25) is 0 Å². The van der Waals surface area contributed by atoms with Gasteiger partial charge in [0.15, 0.2) is 0 Å². The number of rotatable bonds is 5. The maximum absolute atomic E-state index is 2.58. The van der Waals surface area contributed by atoms with Crippen LogP contribution in [0.1, 0.15) is 37.7 Å². The van der Waals surface area contributed by atoms with Crippen molar-refractivity contribution < 1.29 is 0 Å². The van der Waals surface area contributed by atoms with Gasteiger partial charge in [-0.05, 0) is 36.1 Å².